The average Bonchev–Trinajstić information content (AvgIpc) is 2.53. The first-order chi connectivity index (χ1) is 6.63. The summed E-state index contributed by atoms with van der Waals surface area (Å²) in [5.41, 5.74) is 6.04. The summed E-state index contributed by atoms with van der Waals surface area (Å²) in [5.74, 6) is -1.01. The van der Waals surface area contributed by atoms with Crippen LogP contribution in [0.25, 0.3) is 0 Å². The SMILES string of the molecule is C=CCn1cnc(C[C@H](N)C(=O)O)c1. The Bertz CT molecular complexity index is 333. The summed E-state index contributed by atoms with van der Waals surface area (Å²) in [7, 11) is 0. The number of rotatable bonds is 5. The zero-order chi connectivity index (χ0) is 10.6. The standard InChI is InChI=1S/C9H13N3O2/c1-2-3-12-5-7(11-6-12)4-8(10)9(13)14/h2,5-6,8H,1,3-4,10H2,(H,13,14)/t8-/m0/s1. The van der Waals surface area contributed by atoms with Crippen molar-refractivity contribution >= 4 is 5.97 Å². The Hall–Kier alpha value is -1.62. The van der Waals surface area contributed by atoms with Crippen LogP contribution in [0.3, 0.4) is 0 Å². The van der Waals surface area contributed by atoms with E-state index in [1.165, 1.54) is 0 Å². The second-order valence-corrected chi connectivity index (χ2v) is 3.00. The summed E-state index contributed by atoms with van der Waals surface area (Å²) in [5, 5.41) is 8.58. The number of carboxylic acids is 1. The number of hydrogen-bond acceptors (Lipinski definition) is 3. The van der Waals surface area contributed by atoms with E-state index in [0.29, 0.717) is 12.2 Å². The molecule has 1 rings (SSSR count). The molecule has 0 aliphatic heterocycles. The highest BCUT2D eigenvalue weighted by atomic mass is 16.4. The molecule has 5 nitrogen and oxygen atoms in total. The molecule has 0 fully saturated rings. The van der Waals surface area contributed by atoms with E-state index in [0.717, 1.165) is 0 Å². The summed E-state index contributed by atoms with van der Waals surface area (Å²) >= 11 is 0. The van der Waals surface area contributed by atoms with Crippen LogP contribution in [0, 0.1) is 0 Å². The van der Waals surface area contributed by atoms with Crippen LogP contribution in [0.15, 0.2) is 25.2 Å². The molecule has 0 unspecified atom stereocenters. The van der Waals surface area contributed by atoms with Crippen molar-refractivity contribution in [2.45, 2.75) is 19.0 Å². The van der Waals surface area contributed by atoms with Crippen molar-refractivity contribution < 1.29 is 9.90 Å². The Morgan fingerprint density at radius 2 is 2.57 bits per heavy atom. The third-order valence-corrected chi connectivity index (χ3v) is 1.77. The molecule has 0 saturated carbocycles. The second-order valence-electron chi connectivity index (χ2n) is 3.00. The normalized spacial score (nSPS) is 12.4. The molecule has 0 aromatic carbocycles. The highest BCUT2D eigenvalue weighted by Crippen LogP contribution is 2.00. The van der Waals surface area contributed by atoms with E-state index in [1.54, 1.807) is 18.6 Å². The average molecular weight is 195 g/mol. The van der Waals surface area contributed by atoms with Gasteiger partial charge < -0.3 is 15.4 Å². The number of aromatic nitrogens is 2. The van der Waals surface area contributed by atoms with Gasteiger partial charge in [-0.1, -0.05) is 6.08 Å². The third kappa shape index (κ3) is 2.70. The van der Waals surface area contributed by atoms with Crippen LogP contribution in [-0.4, -0.2) is 26.7 Å². The molecule has 1 atom stereocenters. The topological polar surface area (TPSA) is 81.1 Å². The van der Waals surface area contributed by atoms with Gasteiger partial charge in [-0.25, -0.2) is 4.98 Å². The predicted molar refractivity (Wildman–Crippen MR) is 51.7 cm³/mol. The maximum atomic E-state index is 10.5. The highest BCUT2D eigenvalue weighted by molar-refractivity contribution is 5.73. The van der Waals surface area contributed by atoms with Crippen LogP contribution in [-0.2, 0) is 17.8 Å². The molecule has 0 amide bonds. The van der Waals surface area contributed by atoms with E-state index in [4.69, 9.17) is 10.8 Å². The molecule has 0 saturated heterocycles. The lowest BCUT2D eigenvalue weighted by Crippen LogP contribution is -2.32. The number of carbonyl (C=O) groups is 1. The van der Waals surface area contributed by atoms with E-state index in [9.17, 15) is 4.79 Å². The summed E-state index contributed by atoms with van der Waals surface area (Å²) < 4.78 is 1.82. The lowest BCUT2D eigenvalue weighted by Gasteiger charge is -2.02. The minimum atomic E-state index is -1.01. The Kier molecular flexibility index (Phi) is 3.41. The summed E-state index contributed by atoms with van der Waals surface area (Å²) in [4.78, 5) is 14.5. The molecule has 1 aromatic rings. The minimum absolute atomic E-state index is 0.249. The lowest BCUT2D eigenvalue weighted by molar-refractivity contribution is -0.138. The Morgan fingerprint density at radius 1 is 1.86 bits per heavy atom. The summed E-state index contributed by atoms with van der Waals surface area (Å²) in [6, 6.07) is -0.887. The van der Waals surface area contributed by atoms with Gasteiger partial charge in [0.05, 0.1) is 12.0 Å². The Balaban J connectivity index is 2.59. The fourth-order valence-electron chi connectivity index (χ4n) is 1.07. The Labute approximate surface area is 81.9 Å². The van der Waals surface area contributed by atoms with Gasteiger partial charge in [-0.05, 0) is 0 Å². The van der Waals surface area contributed by atoms with Crippen molar-refractivity contribution in [3.05, 3.63) is 30.9 Å². The van der Waals surface area contributed by atoms with Crippen LogP contribution in [0.5, 0.6) is 0 Å². The molecular formula is C9H13N3O2. The lowest BCUT2D eigenvalue weighted by atomic mass is 10.2. The molecule has 14 heavy (non-hydrogen) atoms. The molecule has 0 spiro atoms. The van der Waals surface area contributed by atoms with Crippen LogP contribution < -0.4 is 5.73 Å². The van der Waals surface area contributed by atoms with Crippen molar-refractivity contribution in [3.63, 3.8) is 0 Å². The fourth-order valence-corrected chi connectivity index (χ4v) is 1.07. The molecule has 1 aromatic heterocycles. The van der Waals surface area contributed by atoms with Gasteiger partial charge in [0, 0.05) is 19.2 Å². The highest BCUT2D eigenvalue weighted by Gasteiger charge is 2.13. The fraction of sp³-hybridized carbons (Fsp3) is 0.333. The van der Waals surface area contributed by atoms with Gasteiger partial charge in [-0.15, -0.1) is 6.58 Å². The van der Waals surface area contributed by atoms with Crippen LogP contribution in [0.4, 0.5) is 0 Å². The first-order valence-corrected chi connectivity index (χ1v) is 4.23. The number of nitrogens with zero attached hydrogens (tertiary/aromatic N) is 2. The van der Waals surface area contributed by atoms with E-state index in [1.807, 2.05) is 4.57 Å². The first-order valence-electron chi connectivity index (χ1n) is 4.23. The number of carboxylic acid groups (broad SMARTS) is 1. The van der Waals surface area contributed by atoms with Gasteiger partial charge in [-0.3, -0.25) is 4.79 Å². The molecule has 0 bridgehead atoms. The monoisotopic (exact) mass is 195 g/mol. The number of nitrogens with two attached hydrogens (primary N) is 1. The van der Waals surface area contributed by atoms with Crippen molar-refractivity contribution in [1.82, 2.24) is 9.55 Å². The molecule has 5 heteroatoms. The molecule has 76 valence electrons. The van der Waals surface area contributed by atoms with Crippen LogP contribution >= 0.6 is 0 Å². The molecule has 0 radical (unpaired) electrons. The maximum Gasteiger partial charge on any atom is 0.320 e. The van der Waals surface area contributed by atoms with Gasteiger partial charge in [0.2, 0.25) is 0 Å². The van der Waals surface area contributed by atoms with Gasteiger partial charge >= 0.3 is 5.97 Å². The van der Waals surface area contributed by atoms with Crippen molar-refractivity contribution in [1.29, 1.82) is 0 Å². The molecule has 1 heterocycles. The molecular weight excluding hydrogens is 182 g/mol. The van der Waals surface area contributed by atoms with Crippen molar-refractivity contribution in [2.75, 3.05) is 0 Å². The third-order valence-electron chi connectivity index (χ3n) is 1.77. The number of allylic oxidation sites excluding steroid dienone is 1. The van der Waals surface area contributed by atoms with E-state index >= 15 is 0 Å². The van der Waals surface area contributed by atoms with E-state index in [-0.39, 0.29) is 6.42 Å². The summed E-state index contributed by atoms with van der Waals surface area (Å²) in [6.07, 6.45) is 5.39. The number of hydrogen-bond donors (Lipinski definition) is 2. The quantitative estimate of drug-likeness (QED) is 0.649. The number of imidazole rings is 1. The van der Waals surface area contributed by atoms with Gasteiger partial charge in [0.25, 0.3) is 0 Å². The Morgan fingerprint density at radius 3 is 3.14 bits per heavy atom. The maximum absolute atomic E-state index is 10.5. The van der Waals surface area contributed by atoms with Gasteiger partial charge in [-0.2, -0.15) is 0 Å². The van der Waals surface area contributed by atoms with Gasteiger partial charge in [0.15, 0.2) is 0 Å². The zero-order valence-electron chi connectivity index (χ0n) is 7.76. The minimum Gasteiger partial charge on any atom is -0.480 e. The smallest absolute Gasteiger partial charge is 0.320 e. The van der Waals surface area contributed by atoms with Crippen LogP contribution in [0.2, 0.25) is 0 Å². The largest absolute Gasteiger partial charge is 0.480 e. The van der Waals surface area contributed by atoms with Crippen molar-refractivity contribution in [3.8, 4) is 0 Å². The molecule has 3 N–H and O–H groups in total. The van der Waals surface area contributed by atoms with Crippen LogP contribution in [0.1, 0.15) is 5.69 Å². The zero-order valence-corrected chi connectivity index (χ0v) is 7.76. The number of aliphatic carboxylic acids is 1. The van der Waals surface area contributed by atoms with Gasteiger partial charge in [0.1, 0.15) is 6.04 Å². The van der Waals surface area contributed by atoms with E-state index < -0.39 is 12.0 Å². The predicted octanol–water partition coefficient (Wildman–Crippen LogP) is 0.0235. The summed E-state index contributed by atoms with van der Waals surface area (Å²) in [6.45, 7) is 4.25. The first kappa shape index (κ1) is 10.5. The second kappa shape index (κ2) is 4.57. The molecule has 0 aliphatic rings. The molecule has 0 aliphatic carbocycles. The van der Waals surface area contributed by atoms with E-state index in [2.05, 4.69) is 11.6 Å². The van der Waals surface area contributed by atoms with Crippen molar-refractivity contribution in [2.24, 2.45) is 5.73 Å².